The molecule has 0 spiro atoms. The molecule has 0 radical (unpaired) electrons. The van der Waals surface area contributed by atoms with Gasteiger partial charge in [-0.3, -0.25) is 14.4 Å². The Labute approximate surface area is 111 Å². The number of carboxylic acids is 2. The Bertz CT molecular complexity index is 456. The number of aliphatic carboxylic acids is 2. The molecule has 3 N–H and O–H groups in total. The van der Waals surface area contributed by atoms with Gasteiger partial charge in [-0.1, -0.05) is 6.92 Å². The third-order valence-corrected chi connectivity index (χ3v) is 3.46. The molecule has 0 saturated heterocycles. The molecule has 1 aliphatic carbocycles. The highest BCUT2D eigenvalue weighted by atomic mass is 16.4. The first-order chi connectivity index (χ1) is 8.63. The van der Waals surface area contributed by atoms with Gasteiger partial charge < -0.3 is 15.5 Å². The van der Waals surface area contributed by atoms with E-state index < -0.39 is 22.8 Å². The Balaban J connectivity index is 3.15. The van der Waals surface area contributed by atoms with Crippen LogP contribution in [0.3, 0.4) is 0 Å². The van der Waals surface area contributed by atoms with Gasteiger partial charge in [-0.2, -0.15) is 0 Å². The third-order valence-electron chi connectivity index (χ3n) is 3.46. The second kappa shape index (κ2) is 5.03. The zero-order chi connectivity index (χ0) is 14.8. The molecule has 1 amide bonds. The van der Waals surface area contributed by atoms with Crippen molar-refractivity contribution in [3.63, 3.8) is 0 Å². The molecule has 0 saturated carbocycles. The van der Waals surface area contributed by atoms with E-state index in [0.717, 1.165) is 0 Å². The lowest BCUT2D eigenvalue weighted by atomic mass is 9.66. The van der Waals surface area contributed by atoms with E-state index in [1.165, 1.54) is 19.9 Å². The van der Waals surface area contributed by atoms with Crippen LogP contribution in [0, 0.1) is 10.8 Å². The highest BCUT2D eigenvalue weighted by Crippen LogP contribution is 2.44. The van der Waals surface area contributed by atoms with E-state index in [4.69, 9.17) is 0 Å². The van der Waals surface area contributed by atoms with Crippen LogP contribution in [0.1, 0.15) is 40.0 Å². The maximum Gasteiger partial charge on any atom is 0.313 e. The molecule has 0 fully saturated rings. The topological polar surface area (TPSA) is 104 Å². The van der Waals surface area contributed by atoms with Crippen molar-refractivity contribution in [3.05, 3.63) is 11.8 Å². The van der Waals surface area contributed by atoms with Crippen molar-refractivity contribution >= 4 is 17.8 Å². The van der Waals surface area contributed by atoms with Crippen LogP contribution in [0.4, 0.5) is 0 Å². The predicted molar refractivity (Wildman–Crippen MR) is 67.2 cm³/mol. The Kier molecular flexibility index (Phi) is 4.03. The van der Waals surface area contributed by atoms with Crippen LogP contribution in [0.5, 0.6) is 0 Å². The first-order valence-electron chi connectivity index (χ1n) is 6.11. The number of carbonyl (C=O) groups excluding carboxylic acids is 1. The molecule has 6 nitrogen and oxygen atoms in total. The summed E-state index contributed by atoms with van der Waals surface area (Å²) < 4.78 is 0. The summed E-state index contributed by atoms with van der Waals surface area (Å²) in [4.78, 5) is 34.1. The molecule has 1 aliphatic rings. The van der Waals surface area contributed by atoms with E-state index in [-0.39, 0.29) is 25.2 Å². The van der Waals surface area contributed by atoms with Crippen molar-refractivity contribution in [2.75, 3.05) is 0 Å². The summed E-state index contributed by atoms with van der Waals surface area (Å²) in [5.41, 5.74) is -2.12. The van der Waals surface area contributed by atoms with Crippen molar-refractivity contribution in [2.45, 2.75) is 40.0 Å². The van der Waals surface area contributed by atoms with Crippen LogP contribution < -0.4 is 5.32 Å². The first kappa shape index (κ1) is 15.2. The van der Waals surface area contributed by atoms with Crippen LogP contribution in [-0.4, -0.2) is 28.1 Å². The lowest BCUT2D eigenvalue weighted by Crippen LogP contribution is -2.43. The number of hydrogen-bond donors (Lipinski definition) is 3. The average Bonchev–Trinajstić information content (AvgIpc) is 2.27. The second-order valence-electron chi connectivity index (χ2n) is 5.51. The van der Waals surface area contributed by atoms with Gasteiger partial charge in [0, 0.05) is 18.5 Å². The summed E-state index contributed by atoms with van der Waals surface area (Å²) in [5.74, 6) is -2.41. The average molecular weight is 269 g/mol. The Morgan fingerprint density at radius 2 is 1.84 bits per heavy atom. The van der Waals surface area contributed by atoms with Crippen LogP contribution >= 0.6 is 0 Å². The normalized spacial score (nSPS) is 30.4. The van der Waals surface area contributed by atoms with E-state index in [0.29, 0.717) is 5.70 Å². The summed E-state index contributed by atoms with van der Waals surface area (Å²) in [7, 11) is 0. The lowest BCUT2D eigenvalue weighted by molar-refractivity contribution is -0.155. The second-order valence-corrected chi connectivity index (χ2v) is 5.51. The van der Waals surface area contributed by atoms with Gasteiger partial charge in [-0.15, -0.1) is 0 Å². The first-order valence-corrected chi connectivity index (χ1v) is 6.11. The van der Waals surface area contributed by atoms with Crippen molar-refractivity contribution < 1.29 is 24.6 Å². The van der Waals surface area contributed by atoms with E-state index in [1.54, 1.807) is 6.92 Å². The van der Waals surface area contributed by atoms with Crippen LogP contribution in [0.2, 0.25) is 0 Å². The lowest BCUT2D eigenvalue weighted by Gasteiger charge is -2.38. The van der Waals surface area contributed by atoms with Crippen LogP contribution in [-0.2, 0) is 14.4 Å². The molecule has 0 aliphatic heterocycles. The SMILES string of the molecule is CCC(=O)NC1=C[C@@](C)(C(=O)O)C[C@@](C)(C(=O)O)C1. The fourth-order valence-corrected chi connectivity index (χ4v) is 2.42. The van der Waals surface area contributed by atoms with E-state index >= 15 is 0 Å². The van der Waals surface area contributed by atoms with E-state index in [1.807, 2.05) is 0 Å². The van der Waals surface area contributed by atoms with E-state index in [9.17, 15) is 24.6 Å². The van der Waals surface area contributed by atoms with Gasteiger partial charge in [-0.05, 0) is 26.3 Å². The molecule has 106 valence electrons. The predicted octanol–water partition coefficient (Wildman–Crippen LogP) is 1.37. The third kappa shape index (κ3) is 3.13. The maximum absolute atomic E-state index is 11.4. The highest BCUT2D eigenvalue weighted by Gasteiger charge is 2.48. The fourth-order valence-electron chi connectivity index (χ4n) is 2.42. The van der Waals surface area contributed by atoms with Gasteiger partial charge in [0.2, 0.25) is 5.91 Å². The van der Waals surface area contributed by atoms with Gasteiger partial charge in [0.1, 0.15) is 0 Å². The molecule has 2 atom stereocenters. The number of carbonyl (C=O) groups is 3. The van der Waals surface area contributed by atoms with Gasteiger partial charge in [0.15, 0.2) is 0 Å². The number of amides is 1. The molecule has 1 rings (SSSR count). The minimum Gasteiger partial charge on any atom is -0.481 e. The Morgan fingerprint density at radius 3 is 2.26 bits per heavy atom. The molecule has 0 heterocycles. The minimum atomic E-state index is -1.29. The number of nitrogens with one attached hydrogen (secondary N) is 1. The molecular weight excluding hydrogens is 250 g/mol. The molecule has 0 aromatic carbocycles. The summed E-state index contributed by atoms with van der Waals surface area (Å²) >= 11 is 0. The van der Waals surface area contributed by atoms with Crippen molar-refractivity contribution in [3.8, 4) is 0 Å². The number of rotatable bonds is 4. The van der Waals surface area contributed by atoms with Crippen molar-refractivity contribution in [1.82, 2.24) is 5.32 Å². The minimum absolute atomic E-state index is 0.00381. The molecule has 0 aromatic rings. The highest BCUT2D eigenvalue weighted by molar-refractivity contribution is 5.83. The Morgan fingerprint density at radius 1 is 1.26 bits per heavy atom. The summed E-state index contributed by atoms with van der Waals surface area (Å²) in [6.07, 6.45) is 1.83. The molecule has 0 aromatic heterocycles. The van der Waals surface area contributed by atoms with Gasteiger partial charge in [0.25, 0.3) is 0 Å². The zero-order valence-electron chi connectivity index (χ0n) is 11.3. The maximum atomic E-state index is 11.4. The van der Waals surface area contributed by atoms with Gasteiger partial charge in [0.05, 0.1) is 10.8 Å². The van der Waals surface area contributed by atoms with Gasteiger partial charge >= 0.3 is 11.9 Å². The fraction of sp³-hybridized carbons (Fsp3) is 0.615. The Hall–Kier alpha value is -1.85. The molecule has 0 bridgehead atoms. The molecule has 19 heavy (non-hydrogen) atoms. The van der Waals surface area contributed by atoms with E-state index in [2.05, 4.69) is 5.32 Å². The largest absolute Gasteiger partial charge is 0.481 e. The zero-order valence-corrected chi connectivity index (χ0v) is 11.3. The van der Waals surface area contributed by atoms with Crippen LogP contribution in [0.25, 0.3) is 0 Å². The summed E-state index contributed by atoms with van der Waals surface area (Å²) in [6.45, 7) is 4.64. The number of hydrogen-bond acceptors (Lipinski definition) is 3. The molecular formula is C13H19NO5. The molecule has 6 heteroatoms. The summed E-state index contributed by atoms with van der Waals surface area (Å²) in [6, 6.07) is 0. The van der Waals surface area contributed by atoms with Crippen molar-refractivity contribution in [1.29, 1.82) is 0 Å². The van der Waals surface area contributed by atoms with Crippen molar-refractivity contribution in [2.24, 2.45) is 10.8 Å². The molecule has 0 unspecified atom stereocenters. The number of carboxylic acid groups (broad SMARTS) is 2. The monoisotopic (exact) mass is 269 g/mol. The standard InChI is InChI=1S/C13H19NO5/c1-4-9(15)14-8-5-12(2,10(16)17)7-13(3,6-8)11(18)19/h5H,4,6-7H2,1-3H3,(H,14,15)(H,16,17)(H,18,19)/t12-,13+/m1/s1. The quantitative estimate of drug-likeness (QED) is 0.715. The van der Waals surface area contributed by atoms with Crippen LogP contribution in [0.15, 0.2) is 11.8 Å². The van der Waals surface area contributed by atoms with Gasteiger partial charge in [-0.25, -0.2) is 0 Å². The number of allylic oxidation sites excluding steroid dienone is 1. The smallest absolute Gasteiger partial charge is 0.313 e. The summed E-state index contributed by atoms with van der Waals surface area (Å²) in [5, 5.41) is 21.1.